The van der Waals surface area contributed by atoms with Gasteiger partial charge in [-0.2, -0.15) is 0 Å². The molecule has 2 N–H and O–H groups in total. The summed E-state index contributed by atoms with van der Waals surface area (Å²) in [6, 6.07) is 0. The minimum Gasteiger partial charge on any atom is -0.393 e. The van der Waals surface area contributed by atoms with E-state index in [1.807, 2.05) is 0 Å². The third kappa shape index (κ3) is 11.1. The first-order valence-corrected chi connectivity index (χ1v) is 13.1. The molecule has 0 bridgehead atoms. The van der Waals surface area contributed by atoms with E-state index in [4.69, 9.17) is 5.11 Å². The summed E-state index contributed by atoms with van der Waals surface area (Å²) in [6.07, 6.45) is 12.8. The van der Waals surface area contributed by atoms with Gasteiger partial charge >= 0.3 is 11.9 Å². The molecule has 0 rings (SSSR count). The Morgan fingerprint density at radius 3 is 1.46 bits per heavy atom. The zero-order chi connectivity index (χ0) is 26.9. The maximum Gasteiger partial charge on any atom is 0.345 e. The molecular formula is C27H46O8. The van der Waals surface area contributed by atoms with Crippen molar-refractivity contribution in [2.75, 3.05) is 6.61 Å². The summed E-state index contributed by atoms with van der Waals surface area (Å²) >= 11 is 0. The van der Waals surface area contributed by atoms with Crippen molar-refractivity contribution in [3.05, 3.63) is 0 Å². The van der Waals surface area contributed by atoms with Crippen molar-refractivity contribution in [3.63, 3.8) is 0 Å². The standard InChI is InChI=1S/C27H46O8/c1-5-6-7-8-9-10-11-12-13-14-15-16-17-18-23(20(2)29)27(21(3)30,22(4)31)26(34)35-25(33)24(32)19-28/h23-24,28,32H,5-19H2,1-4H3. The summed E-state index contributed by atoms with van der Waals surface area (Å²) in [4.78, 5) is 62.2. The molecule has 0 aliphatic heterocycles. The molecule has 0 aromatic heterocycles. The molecule has 0 fully saturated rings. The van der Waals surface area contributed by atoms with Crippen LogP contribution >= 0.6 is 0 Å². The fourth-order valence-corrected chi connectivity index (χ4v) is 4.57. The van der Waals surface area contributed by atoms with Gasteiger partial charge in [-0.05, 0) is 27.2 Å². The third-order valence-corrected chi connectivity index (χ3v) is 6.68. The van der Waals surface area contributed by atoms with E-state index in [-0.39, 0.29) is 6.42 Å². The van der Waals surface area contributed by atoms with Crippen LogP contribution in [0.5, 0.6) is 0 Å². The van der Waals surface area contributed by atoms with Gasteiger partial charge in [0.1, 0.15) is 5.78 Å². The Morgan fingerprint density at radius 1 is 0.714 bits per heavy atom. The number of esters is 2. The number of Topliss-reactive ketones (excluding diaryl/α,β-unsaturated/α-hetero) is 3. The van der Waals surface area contributed by atoms with E-state index in [1.54, 1.807) is 0 Å². The van der Waals surface area contributed by atoms with Gasteiger partial charge in [-0.15, -0.1) is 0 Å². The van der Waals surface area contributed by atoms with Crippen molar-refractivity contribution in [2.24, 2.45) is 11.3 Å². The van der Waals surface area contributed by atoms with Crippen LogP contribution in [0.4, 0.5) is 0 Å². The zero-order valence-corrected chi connectivity index (χ0v) is 22.1. The minimum atomic E-state index is -2.45. The van der Waals surface area contributed by atoms with Gasteiger partial charge in [0.05, 0.1) is 6.61 Å². The zero-order valence-electron chi connectivity index (χ0n) is 22.1. The molecule has 0 aliphatic rings. The first-order chi connectivity index (χ1) is 16.6. The summed E-state index contributed by atoms with van der Waals surface area (Å²) in [5, 5.41) is 18.3. The van der Waals surface area contributed by atoms with Crippen LogP contribution < -0.4 is 0 Å². The van der Waals surface area contributed by atoms with Crippen LogP contribution in [0.25, 0.3) is 0 Å². The molecule has 35 heavy (non-hydrogen) atoms. The Hall–Kier alpha value is -1.93. The number of hydrogen-bond acceptors (Lipinski definition) is 8. The average Bonchev–Trinajstić information content (AvgIpc) is 2.79. The van der Waals surface area contributed by atoms with Crippen molar-refractivity contribution in [3.8, 4) is 0 Å². The SMILES string of the molecule is CCCCCCCCCCCCCCCC(C(C)=O)C(C(C)=O)(C(C)=O)C(=O)OC(=O)C(O)CO. The number of ketones is 3. The highest BCUT2D eigenvalue weighted by Gasteiger charge is 2.57. The molecule has 0 radical (unpaired) electrons. The first-order valence-electron chi connectivity index (χ1n) is 13.1. The van der Waals surface area contributed by atoms with Crippen LogP contribution in [0.2, 0.25) is 0 Å². The summed E-state index contributed by atoms with van der Waals surface area (Å²) in [7, 11) is 0. The van der Waals surface area contributed by atoms with Crippen LogP contribution in [-0.4, -0.2) is 52.2 Å². The highest BCUT2D eigenvalue weighted by Crippen LogP contribution is 2.37. The molecular weight excluding hydrogens is 452 g/mol. The highest BCUT2D eigenvalue weighted by atomic mass is 16.6. The molecule has 202 valence electrons. The molecule has 8 nitrogen and oxygen atoms in total. The topological polar surface area (TPSA) is 135 Å². The van der Waals surface area contributed by atoms with Crippen LogP contribution in [0, 0.1) is 11.3 Å². The van der Waals surface area contributed by atoms with Crippen LogP contribution in [0.15, 0.2) is 0 Å². The van der Waals surface area contributed by atoms with Gasteiger partial charge in [-0.25, -0.2) is 9.59 Å². The Balaban J connectivity index is 4.82. The number of ether oxygens (including phenoxy) is 1. The maximum atomic E-state index is 12.8. The summed E-state index contributed by atoms with van der Waals surface area (Å²) < 4.78 is 4.56. The van der Waals surface area contributed by atoms with Crippen molar-refractivity contribution >= 4 is 29.3 Å². The van der Waals surface area contributed by atoms with Gasteiger partial charge < -0.3 is 14.9 Å². The molecule has 2 unspecified atom stereocenters. The van der Waals surface area contributed by atoms with Gasteiger partial charge in [0.25, 0.3) is 0 Å². The number of carbonyl (C=O) groups is 5. The number of rotatable bonds is 21. The number of unbranched alkanes of at least 4 members (excludes halogenated alkanes) is 12. The number of hydrogen-bond donors (Lipinski definition) is 2. The van der Waals surface area contributed by atoms with E-state index in [0.29, 0.717) is 6.42 Å². The second-order valence-corrected chi connectivity index (χ2v) is 9.52. The Labute approximate surface area is 210 Å². The lowest BCUT2D eigenvalue weighted by Crippen LogP contribution is -2.54. The van der Waals surface area contributed by atoms with Crippen LogP contribution in [0.1, 0.15) is 118 Å². The monoisotopic (exact) mass is 498 g/mol. The highest BCUT2D eigenvalue weighted by molar-refractivity contribution is 6.24. The van der Waals surface area contributed by atoms with Gasteiger partial charge in [0.2, 0.25) is 0 Å². The smallest absolute Gasteiger partial charge is 0.345 e. The predicted octanol–water partition coefficient (Wildman–Crippen LogP) is 4.26. The van der Waals surface area contributed by atoms with E-state index in [2.05, 4.69) is 11.7 Å². The van der Waals surface area contributed by atoms with E-state index in [9.17, 15) is 29.1 Å². The molecule has 2 atom stereocenters. The third-order valence-electron chi connectivity index (χ3n) is 6.68. The van der Waals surface area contributed by atoms with Gasteiger partial charge in [0.15, 0.2) is 23.1 Å². The van der Waals surface area contributed by atoms with E-state index in [0.717, 1.165) is 39.5 Å². The summed E-state index contributed by atoms with van der Waals surface area (Å²) in [6.45, 7) is 4.44. The van der Waals surface area contributed by atoms with Crippen molar-refractivity contribution < 1.29 is 38.9 Å². The molecule has 0 saturated heterocycles. The predicted molar refractivity (Wildman–Crippen MR) is 132 cm³/mol. The molecule has 0 amide bonds. The molecule has 0 spiro atoms. The molecule has 0 aromatic rings. The van der Waals surface area contributed by atoms with Crippen molar-refractivity contribution in [1.29, 1.82) is 0 Å². The fourth-order valence-electron chi connectivity index (χ4n) is 4.57. The summed E-state index contributed by atoms with van der Waals surface area (Å²) in [5.41, 5.74) is -2.45. The second-order valence-electron chi connectivity index (χ2n) is 9.52. The number of carbonyl (C=O) groups excluding carboxylic acids is 5. The van der Waals surface area contributed by atoms with Crippen molar-refractivity contribution in [1.82, 2.24) is 0 Å². The number of aliphatic hydroxyl groups excluding tert-OH is 2. The van der Waals surface area contributed by atoms with E-state index in [1.165, 1.54) is 58.3 Å². The van der Waals surface area contributed by atoms with Gasteiger partial charge in [-0.1, -0.05) is 90.4 Å². The molecule has 0 aromatic carbocycles. The van der Waals surface area contributed by atoms with Gasteiger partial charge in [-0.3, -0.25) is 14.4 Å². The lowest BCUT2D eigenvalue weighted by molar-refractivity contribution is -0.179. The molecule has 8 heteroatoms. The Bertz CT molecular complexity index is 671. The number of aliphatic hydroxyl groups is 2. The van der Waals surface area contributed by atoms with E-state index >= 15 is 0 Å². The van der Waals surface area contributed by atoms with Gasteiger partial charge in [0, 0.05) is 5.92 Å². The first kappa shape index (κ1) is 33.1. The van der Waals surface area contributed by atoms with E-state index < -0.39 is 53.3 Å². The minimum absolute atomic E-state index is 0.123. The summed E-state index contributed by atoms with van der Waals surface area (Å²) in [5.74, 6) is -6.54. The quantitative estimate of drug-likeness (QED) is 0.136. The maximum absolute atomic E-state index is 12.8. The second kappa shape index (κ2) is 18.4. The normalized spacial score (nSPS) is 13.2. The lowest BCUT2D eigenvalue weighted by atomic mass is 9.66. The molecule has 0 saturated carbocycles. The van der Waals surface area contributed by atoms with Crippen LogP contribution in [0.3, 0.4) is 0 Å². The Morgan fingerprint density at radius 2 is 1.11 bits per heavy atom. The Kier molecular flexibility index (Phi) is 17.3. The molecule has 0 heterocycles. The lowest BCUT2D eigenvalue weighted by Gasteiger charge is -2.32. The average molecular weight is 499 g/mol. The molecule has 0 aliphatic carbocycles. The largest absolute Gasteiger partial charge is 0.393 e. The van der Waals surface area contributed by atoms with Crippen molar-refractivity contribution in [2.45, 2.75) is 124 Å². The van der Waals surface area contributed by atoms with Crippen LogP contribution in [-0.2, 0) is 28.7 Å². The fraction of sp³-hybridized carbons (Fsp3) is 0.815.